The van der Waals surface area contributed by atoms with Crippen LogP contribution in [-0.4, -0.2) is 69.6 Å². The summed E-state index contributed by atoms with van der Waals surface area (Å²) < 4.78 is 7.27. The number of fused-ring (bicyclic) bond motifs is 1. The van der Waals surface area contributed by atoms with Gasteiger partial charge in [-0.15, -0.1) is 0 Å². The number of nitro benzene ring substituents is 2. The number of aliphatic hydroxyl groups is 3. The first-order chi connectivity index (χ1) is 19.7. The number of nitrogens with zero attached hydrogens (tertiary/aromatic N) is 6. The molecule has 0 amide bonds. The number of hydrogen-bond acceptors (Lipinski definition) is 14. The number of imidazole rings is 1. The average molecular weight is 602 g/mol. The minimum absolute atomic E-state index is 0.0284. The maximum atomic E-state index is 11.0. The Morgan fingerprint density at radius 1 is 0.878 bits per heavy atom. The van der Waals surface area contributed by atoms with Crippen molar-refractivity contribution in [2.24, 2.45) is 0 Å². The zero-order chi connectivity index (χ0) is 29.3. The summed E-state index contributed by atoms with van der Waals surface area (Å²) in [5.41, 5.74) is 8.09. The molecule has 5 rings (SSSR count). The fraction of sp³-hybridized carbons (Fsp3) is 0.292. The van der Waals surface area contributed by atoms with Crippen LogP contribution in [0.2, 0.25) is 0 Å². The van der Waals surface area contributed by atoms with Gasteiger partial charge in [-0.25, -0.2) is 9.97 Å². The molecule has 41 heavy (non-hydrogen) atoms. The highest BCUT2D eigenvalue weighted by Gasteiger charge is 2.45. The third-order valence-corrected chi connectivity index (χ3v) is 8.36. The molecule has 214 valence electrons. The number of nitro groups is 2. The minimum atomic E-state index is -1.42. The van der Waals surface area contributed by atoms with Crippen molar-refractivity contribution in [3.63, 3.8) is 0 Å². The molecule has 17 heteroatoms. The van der Waals surface area contributed by atoms with Crippen LogP contribution in [0.5, 0.6) is 0 Å². The van der Waals surface area contributed by atoms with Crippen LogP contribution in [0.4, 0.5) is 17.3 Å². The third-order valence-electron chi connectivity index (χ3n) is 6.30. The van der Waals surface area contributed by atoms with Crippen LogP contribution in [0, 0.1) is 20.2 Å². The summed E-state index contributed by atoms with van der Waals surface area (Å²) in [4.78, 5) is 34.4. The fourth-order valence-corrected chi connectivity index (χ4v) is 6.10. The number of anilines is 1. The van der Waals surface area contributed by atoms with E-state index >= 15 is 0 Å². The molecule has 0 unspecified atom stereocenters. The highest BCUT2D eigenvalue weighted by atomic mass is 32.2. The van der Waals surface area contributed by atoms with Crippen molar-refractivity contribution in [3.05, 3.63) is 79.9 Å². The van der Waals surface area contributed by atoms with E-state index in [1.165, 1.54) is 52.4 Å². The van der Waals surface area contributed by atoms with Crippen molar-refractivity contribution < 1.29 is 29.9 Å². The number of ether oxygens (including phenoxy) is 1. The largest absolute Gasteiger partial charge is 0.394 e. The average Bonchev–Trinajstić information content (AvgIpc) is 3.46. The predicted molar refractivity (Wildman–Crippen MR) is 148 cm³/mol. The first kappa shape index (κ1) is 28.7. The summed E-state index contributed by atoms with van der Waals surface area (Å²) in [6.07, 6.45) is -5.00. The highest BCUT2D eigenvalue weighted by molar-refractivity contribution is 7.98. The fourth-order valence-electron chi connectivity index (χ4n) is 4.20. The van der Waals surface area contributed by atoms with Gasteiger partial charge < -0.3 is 25.8 Å². The number of aromatic nitrogens is 4. The zero-order valence-corrected chi connectivity index (χ0v) is 22.6. The quantitative estimate of drug-likeness (QED) is 0.0886. The molecule has 0 aliphatic carbocycles. The lowest BCUT2D eigenvalue weighted by molar-refractivity contribution is -0.385. The number of rotatable bonds is 10. The van der Waals surface area contributed by atoms with Crippen molar-refractivity contribution in [1.29, 1.82) is 0 Å². The summed E-state index contributed by atoms with van der Waals surface area (Å²) in [5.74, 6) is 0.642. The Hall–Kier alpha value is -3.87. The Morgan fingerprint density at radius 2 is 1.44 bits per heavy atom. The van der Waals surface area contributed by atoms with E-state index in [2.05, 4.69) is 9.97 Å². The van der Waals surface area contributed by atoms with Gasteiger partial charge in [-0.1, -0.05) is 47.8 Å². The van der Waals surface area contributed by atoms with E-state index in [1.54, 1.807) is 24.3 Å². The van der Waals surface area contributed by atoms with Crippen LogP contribution in [0.1, 0.15) is 17.4 Å². The van der Waals surface area contributed by atoms with Crippen molar-refractivity contribution in [1.82, 2.24) is 19.5 Å². The van der Waals surface area contributed by atoms with E-state index in [-0.39, 0.29) is 23.0 Å². The van der Waals surface area contributed by atoms with Gasteiger partial charge in [0, 0.05) is 35.8 Å². The summed E-state index contributed by atoms with van der Waals surface area (Å²) in [6.45, 7) is -0.528. The van der Waals surface area contributed by atoms with Crippen molar-refractivity contribution in [3.8, 4) is 0 Å². The van der Waals surface area contributed by atoms with Gasteiger partial charge in [-0.3, -0.25) is 24.8 Å². The third kappa shape index (κ3) is 5.95. The van der Waals surface area contributed by atoms with E-state index < -0.39 is 41.0 Å². The van der Waals surface area contributed by atoms with E-state index in [0.717, 1.165) is 11.1 Å². The molecule has 0 radical (unpaired) electrons. The standard InChI is InChI=1S/C24H23N7O8S2/c25-23-27-20-17(21(28-23)40-10-12-1-5-14(6-2-12)30(35)36)26-24(29(20)22-19(34)18(33)16(9-32)39-22)41-11-13-3-7-15(8-4-13)31(37)38/h1-8,16,18-19,22,32-34H,9-11H2,(H2,25,27,28)/t16-,18+,19-,22+/m0/s1. The molecule has 5 N–H and O–H groups in total. The van der Waals surface area contributed by atoms with Crippen molar-refractivity contribution in [2.75, 3.05) is 12.3 Å². The second-order valence-electron chi connectivity index (χ2n) is 8.98. The van der Waals surface area contributed by atoms with E-state index in [1.807, 2.05) is 0 Å². The molecule has 1 saturated heterocycles. The van der Waals surface area contributed by atoms with Crippen LogP contribution in [0.15, 0.2) is 58.7 Å². The molecule has 1 aliphatic heterocycles. The van der Waals surface area contributed by atoms with E-state index in [4.69, 9.17) is 15.5 Å². The SMILES string of the molecule is Nc1nc(SCc2ccc([N+](=O)[O-])cc2)c2nc(SCc3ccc([N+](=O)[O-])cc3)n([C@@H]3O[C@@H](CO)[C@@H](O)[C@@H]3O)c2n1. The number of aliphatic hydroxyl groups excluding tert-OH is 3. The molecular formula is C24H23N7O8S2. The molecule has 3 heterocycles. The molecule has 2 aromatic heterocycles. The van der Waals surface area contributed by atoms with E-state index in [9.17, 15) is 35.5 Å². The van der Waals surface area contributed by atoms with Crippen LogP contribution in [0.25, 0.3) is 11.2 Å². The second-order valence-corrected chi connectivity index (χ2v) is 10.9. The minimum Gasteiger partial charge on any atom is -0.394 e. The molecule has 0 bridgehead atoms. The molecule has 0 saturated carbocycles. The molecule has 4 atom stereocenters. The van der Waals surface area contributed by atoms with Gasteiger partial charge >= 0.3 is 0 Å². The van der Waals surface area contributed by atoms with Crippen LogP contribution in [-0.2, 0) is 16.2 Å². The summed E-state index contributed by atoms with van der Waals surface area (Å²) in [5, 5.41) is 53.5. The molecular weight excluding hydrogens is 578 g/mol. The predicted octanol–water partition coefficient (Wildman–Crippen LogP) is 2.42. The van der Waals surface area contributed by atoms with Crippen LogP contribution < -0.4 is 5.73 Å². The lowest BCUT2D eigenvalue weighted by Gasteiger charge is -2.19. The summed E-state index contributed by atoms with van der Waals surface area (Å²) >= 11 is 2.52. The molecule has 1 fully saturated rings. The van der Waals surface area contributed by atoms with Gasteiger partial charge in [-0.2, -0.15) is 4.98 Å². The Bertz CT molecular complexity index is 1590. The van der Waals surface area contributed by atoms with Crippen LogP contribution >= 0.6 is 23.5 Å². The second kappa shape index (κ2) is 11.9. The number of thioether (sulfide) groups is 2. The smallest absolute Gasteiger partial charge is 0.269 e. The Kier molecular flexibility index (Phi) is 8.34. The normalized spacial score (nSPS) is 20.5. The zero-order valence-electron chi connectivity index (χ0n) is 21.0. The first-order valence-corrected chi connectivity index (χ1v) is 14.0. The Labute approximate surface area is 239 Å². The van der Waals surface area contributed by atoms with Gasteiger partial charge in [0.1, 0.15) is 28.9 Å². The van der Waals surface area contributed by atoms with Crippen molar-refractivity contribution in [2.45, 2.75) is 46.2 Å². The van der Waals surface area contributed by atoms with Gasteiger partial charge in [0.2, 0.25) is 5.95 Å². The van der Waals surface area contributed by atoms with Crippen molar-refractivity contribution >= 4 is 52.0 Å². The summed E-state index contributed by atoms with van der Waals surface area (Å²) in [6, 6.07) is 12.1. The van der Waals surface area contributed by atoms with Crippen LogP contribution in [0.3, 0.4) is 0 Å². The van der Waals surface area contributed by atoms with Gasteiger partial charge in [0.05, 0.1) is 16.5 Å². The maximum absolute atomic E-state index is 11.0. The Balaban J connectivity index is 1.50. The number of benzene rings is 2. The monoisotopic (exact) mass is 601 g/mol. The Morgan fingerprint density at radius 3 is 1.95 bits per heavy atom. The molecule has 15 nitrogen and oxygen atoms in total. The molecule has 4 aromatic rings. The lowest BCUT2D eigenvalue weighted by Crippen LogP contribution is -2.33. The van der Waals surface area contributed by atoms with Gasteiger partial charge in [0.25, 0.3) is 11.4 Å². The topological polar surface area (TPSA) is 226 Å². The summed E-state index contributed by atoms with van der Waals surface area (Å²) in [7, 11) is 0. The maximum Gasteiger partial charge on any atom is 0.269 e. The number of hydrogen-bond donors (Lipinski definition) is 4. The molecule has 0 spiro atoms. The molecule has 1 aliphatic rings. The number of non-ortho nitro benzene ring substituents is 2. The number of nitrogen functional groups attached to an aromatic ring is 1. The first-order valence-electron chi connectivity index (χ1n) is 12.1. The van der Waals surface area contributed by atoms with E-state index in [0.29, 0.717) is 27.2 Å². The molecule has 2 aromatic carbocycles. The number of nitrogens with two attached hydrogens (primary N) is 1. The van der Waals surface area contributed by atoms with Gasteiger partial charge in [-0.05, 0) is 11.1 Å². The highest BCUT2D eigenvalue weighted by Crippen LogP contribution is 2.39. The van der Waals surface area contributed by atoms with Gasteiger partial charge in [0.15, 0.2) is 17.0 Å². The lowest BCUT2D eigenvalue weighted by atomic mass is 10.1.